The lowest BCUT2D eigenvalue weighted by Crippen LogP contribution is -2.49. The van der Waals surface area contributed by atoms with Gasteiger partial charge in [-0.05, 0) is 55.6 Å². The molecule has 0 radical (unpaired) electrons. The second kappa shape index (κ2) is 7.02. The molecule has 0 aliphatic heterocycles. The number of fused-ring (bicyclic) bond motifs is 2. The summed E-state index contributed by atoms with van der Waals surface area (Å²) in [5, 5.41) is 12.6. The molecular weight excluding hydrogens is 288 g/mol. The number of nitrogens with two attached hydrogens (primary N) is 1. The predicted molar refractivity (Wildman–Crippen MR) is 90.5 cm³/mol. The number of nitrogens with one attached hydrogen (secondary N) is 1. The zero-order chi connectivity index (χ0) is 16.4. The zero-order valence-corrected chi connectivity index (χ0v) is 13.9. The van der Waals surface area contributed by atoms with Crippen LogP contribution in [-0.4, -0.2) is 17.1 Å². The lowest BCUT2D eigenvalue weighted by Gasteiger charge is -2.43. The first-order valence-electron chi connectivity index (χ1n) is 8.84. The Morgan fingerprint density at radius 1 is 1.26 bits per heavy atom. The van der Waals surface area contributed by atoms with Gasteiger partial charge >= 0.3 is 0 Å². The third kappa shape index (κ3) is 3.75. The van der Waals surface area contributed by atoms with Crippen LogP contribution in [0.2, 0.25) is 0 Å². The van der Waals surface area contributed by atoms with Gasteiger partial charge < -0.3 is 16.2 Å². The number of carbonyl (C=O) groups excluding carboxylic acids is 1. The van der Waals surface area contributed by atoms with E-state index in [9.17, 15) is 9.90 Å². The van der Waals surface area contributed by atoms with Crippen LogP contribution in [-0.2, 0) is 11.3 Å². The maximum atomic E-state index is 12.5. The van der Waals surface area contributed by atoms with Crippen molar-refractivity contribution in [3.05, 3.63) is 35.4 Å². The second-order valence-corrected chi connectivity index (χ2v) is 7.33. The van der Waals surface area contributed by atoms with Crippen LogP contribution in [0.25, 0.3) is 0 Å². The quantitative estimate of drug-likeness (QED) is 0.799. The highest BCUT2D eigenvalue weighted by molar-refractivity contribution is 5.78. The molecule has 0 spiro atoms. The van der Waals surface area contributed by atoms with Crippen molar-refractivity contribution in [1.82, 2.24) is 5.32 Å². The smallest absolute Gasteiger partial charge is 0.223 e. The highest BCUT2D eigenvalue weighted by Gasteiger charge is 2.40. The van der Waals surface area contributed by atoms with Crippen LogP contribution in [0.5, 0.6) is 0 Å². The van der Waals surface area contributed by atoms with E-state index in [4.69, 9.17) is 5.73 Å². The van der Waals surface area contributed by atoms with Crippen molar-refractivity contribution in [3.8, 4) is 0 Å². The molecule has 1 aromatic rings. The van der Waals surface area contributed by atoms with Crippen LogP contribution < -0.4 is 11.1 Å². The number of hydrogen-bond acceptors (Lipinski definition) is 3. The maximum Gasteiger partial charge on any atom is 0.223 e. The second-order valence-electron chi connectivity index (χ2n) is 7.33. The van der Waals surface area contributed by atoms with Gasteiger partial charge in [0.25, 0.3) is 0 Å². The molecule has 23 heavy (non-hydrogen) atoms. The minimum atomic E-state index is -0.454. The zero-order valence-electron chi connectivity index (χ0n) is 13.9. The van der Waals surface area contributed by atoms with Gasteiger partial charge in [-0.1, -0.05) is 30.7 Å². The van der Waals surface area contributed by atoms with Gasteiger partial charge in [-0.15, -0.1) is 0 Å². The normalized spacial score (nSPS) is 31.4. The maximum absolute atomic E-state index is 12.5. The lowest BCUT2D eigenvalue weighted by atomic mass is 9.65. The minimum Gasteiger partial charge on any atom is -0.389 e. The number of carbonyl (C=O) groups is 1. The fraction of sp³-hybridized carbons (Fsp3) is 0.632. The molecule has 1 aromatic carbocycles. The van der Waals surface area contributed by atoms with Gasteiger partial charge in [0.2, 0.25) is 5.91 Å². The summed E-state index contributed by atoms with van der Waals surface area (Å²) in [5.41, 5.74) is 8.26. The van der Waals surface area contributed by atoms with E-state index in [0.717, 1.165) is 24.0 Å². The minimum absolute atomic E-state index is 0.127. The average Bonchev–Trinajstić information content (AvgIpc) is 2.52. The van der Waals surface area contributed by atoms with Gasteiger partial charge in [-0.2, -0.15) is 0 Å². The topological polar surface area (TPSA) is 75.3 Å². The molecule has 0 saturated heterocycles. The fourth-order valence-electron chi connectivity index (χ4n) is 4.25. The Bertz CT molecular complexity index is 527. The van der Waals surface area contributed by atoms with Crippen LogP contribution in [0.1, 0.15) is 56.3 Å². The Morgan fingerprint density at radius 3 is 2.43 bits per heavy atom. The molecule has 2 bridgehead atoms. The highest BCUT2D eigenvalue weighted by atomic mass is 16.3. The average molecular weight is 316 g/mol. The van der Waals surface area contributed by atoms with Crippen LogP contribution >= 0.6 is 0 Å². The molecule has 3 atom stereocenters. The van der Waals surface area contributed by atoms with E-state index in [1.54, 1.807) is 6.92 Å². The predicted octanol–water partition coefficient (Wildman–Crippen LogP) is 2.51. The van der Waals surface area contributed by atoms with E-state index in [0.29, 0.717) is 24.4 Å². The molecule has 0 aromatic heterocycles. The molecule has 4 heteroatoms. The highest BCUT2D eigenvalue weighted by Crippen LogP contribution is 2.41. The third-order valence-electron chi connectivity index (χ3n) is 5.71. The Balaban J connectivity index is 1.53. The van der Waals surface area contributed by atoms with E-state index >= 15 is 0 Å². The number of rotatable bonds is 4. The SMILES string of the molecule is CC(O)c1ccc(CNC(=O)C2CC3CCCC(C2)C3N)cc1. The van der Waals surface area contributed by atoms with Crippen LogP contribution in [0.15, 0.2) is 24.3 Å². The van der Waals surface area contributed by atoms with E-state index in [-0.39, 0.29) is 11.8 Å². The molecule has 2 fully saturated rings. The van der Waals surface area contributed by atoms with Crippen molar-refractivity contribution in [3.63, 3.8) is 0 Å². The standard InChI is InChI=1S/C19H28N2O2/c1-12(22)14-7-5-13(6-8-14)11-21-19(23)17-9-15-3-2-4-16(10-17)18(15)20/h5-8,12,15-18,22H,2-4,9-11,20H2,1H3,(H,21,23). The fourth-order valence-corrected chi connectivity index (χ4v) is 4.25. The third-order valence-corrected chi connectivity index (χ3v) is 5.71. The van der Waals surface area contributed by atoms with Crippen molar-refractivity contribution < 1.29 is 9.90 Å². The van der Waals surface area contributed by atoms with Gasteiger partial charge in [-0.25, -0.2) is 0 Å². The first-order chi connectivity index (χ1) is 11.0. The molecule has 2 aliphatic rings. The Kier molecular flexibility index (Phi) is 5.02. The summed E-state index contributed by atoms with van der Waals surface area (Å²) in [6.45, 7) is 2.30. The molecule has 3 unspecified atom stereocenters. The van der Waals surface area contributed by atoms with Crippen LogP contribution in [0.4, 0.5) is 0 Å². The molecule has 4 N–H and O–H groups in total. The van der Waals surface area contributed by atoms with E-state index in [1.807, 2.05) is 24.3 Å². The Morgan fingerprint density at radius 2 is 1.87 bits per heavy atom. The number of aliphatic hydroxyl groups excluding tert-OH is 1. The summed E-state index contributed by atoms with van der Waals surface area (Å²) in [7, 11) is 0. The Labute approximate surface area is 138 Å². The van der Waals surface area contributed by atoms with Gasteiger partial charge in [0.05, 0.1) is 6.10 Å². The summed E-state index contributed by atoms with van der Waals surface area (Å²) in [4.78, 5) is 12.5. The summed E-state index contributed by atoms with van der Waals surface area (Å²) in [6.07, 6.45) is 5.08. The monoisotopic (exact) mass is 316 g/mol. The Hall–Kier alpha value is -1.39. The summed E-state index contributed by atoms with van der Waals surface area (Å²) < 4.78 is 0. The summed E-state index contributed by atoms with van der Waals surface area (Å²) in [6, 6.07) is 8.06. The molecular formula is C19H28N2O2. The molecule has 0 heterocycles. The number of aliphatic hydroxyl groups is 1. The molecule has 126 valence electrons. The number of hydrogen-bond donors (Lipinski definition) is 3. The number of amides is 1. The molecule has 2 aliphatic carbocycles. The van der Waals surface area contributed by atoms with Crippen LogP contribution in [0.3, 0.4) is 0 Å². The first kappa shape index (κ1) is 16.5. The summed E-state index contributed by atoms with van der Waals surface area (Å²) >= 11 is 0. The van der Waals surface area contributed by atoms with E-state index in [2.05, 4.69) is 5.32 Å². The van der Waals surface area contributed by atoms with Crippen molar-refractivity contribution in [2.24, 2.45) is 23.5 Å². The molecule has 1 amide bonds. The van der Waals surface area contributed by atoms with E-state index in [1.165, 1.54) is 19.3 Å². The van der Waals surface area contributed by atoms with Crippen molar-refractivity contribution in [2.45, 2.75) is 57.7 Å². The van der Waals surface area contributed by atoms with Crippen molar-refractivity contribution >= 4 is 5.91 Å². The van der Waals surface area contributed by atoms with Gasteiger partial charge in [0.1, 0.15) is 0 Å². The largest absolute Gasteiger partial charge is 0.389 e. The van der Waals surface area contributed by atoms with Crippen LogP contribution in [0, 0.1) is 17.8 Å². The summed E-state index contributed by atoms with van der Waals surface area (Å²) in [5.74, 6) is 1.36. The van der Waals surface area contributed by atoms with Gasteiger partial charge in [-0.3, -0.25) is 4.79 Å². The van der Waals surface area contributed by atoms with Crippen molar-refractivity contribution in [1.29, 1.82) is 0 Å². The number of benzene rings is 1. The van der Waals surface area contributed by atoms with Gasteiger partial charge in [0.15, 0.2) is 0 Å². The molecule has 4 nitrogen and oxygen atoms in total. The first-order valence-corrected chi connectivity index (χ1v) is 8.84. The molecule has 2 saturated carbocycles. The van der Waals surface area contributed by atoms with Gasteiger partial charge in [0, 0.05) is 18.5 Å². The lowest BCUT2D eigenvalue weighted by molar-refractivity contribution is -0.128. The van der Waals surface area contributed by atoms with Crippen molar-refractivity contribution in [2.75, 3.05) is 0 Å². The van der Waals surface area contributed by atoms with E-state index < -0.39 is 6.10 Å². The molecule has 3 rings (SSSR count).